The summed E-state index contributed by atoms with van der Waals surface area (Å²) in [4.78, 5) is 36.4. The molecule has 1 saturated heterocycles. The summed E-state index contributed by atoms with van der Waals surface area (Å²) in [5.74, 6) is -1.86. The molecule has 0 N–H and O–H groups in total. The quantitative estimate of drug-likeness (QED) is 0.318. The van der Waals surface area contributed by atoms with E-state index < -0.39 is 36.2 Å². The van der Waals surface area contributed by atoms with Gasteiger partial charge < -0.3 is 14.2 Å². The Kier molecular flexibility index (Phi) is 7.13. The molecule has 5 unspecified atom stereocenters. The van der Waals surface area contributed by atoms with Gasteiger partial charge in [0.2, 0.25) is 0 Å². The Morgan fingerprint density at radius 3 is 2.78 bits per heavy atom. The number of hydrogen-bond acceptors (Lipinski definition) is 6. The lowest BCUT2D eigenvalue weighted by molar-refractivity contribution is -0.164. The predicted octanol–water partition coefficient (Wildman–Crippen LogP) is 2.92. The van der Waals surface area contributed by atoms with E-state index in [1.54, 1.807) is 13.0 Å². The Balaban J connectivity index is 2.54. The molecule has 1 aliphatic heterocycles. The molecule has 27 heavy (non-hydrogen) atoms. The van der Waals surface area contributed by atoms with Crippen LogP contribution < -0.4 is 0 Å². The maximum Gasteiger partial charge on any atom is 0.334 e. The normalized spacial score (nSPS) is 33.6. The fraction of sp³-hybridized carbons (Fsp3) is 0.571. The summed E-state index contributed by atoms with van der Waals surface area (Å²) in [5.41, 5.74) is 1.63. The van der Waals surface area contributed by atoms with Crippen molar-refractivity contribution in [3.05, 3.63) is 35.5 Å². The fourth-order valence-corrected chi connectivity index (χ4v) is 3.39. The molecule has 0 aromatic heterocycles. The first-order chi connectivity index (χ1) is 12.8. The molecule has 0 aromatic rings. The number of ether oxygens (including phenoxy) is 3. The van der Waals surface area contributed by atoms with Gasteiger partial charge in [0, 0.05) is 18.3 Å². The number of rotatable bonds is 5. The predicted molar refractivity (Wildman–Crippen MR) is 99.8 cm³/mol. The molecule has 2 rings (SSSR count). The number of hydrogen-bond donors (Lipinski definition) is 0. The molecule has 0 spiro atoms. The second kappa shape index (κ2) is 9.13. The van der Waals surface area contributed by atoms with E-state index in [-0.39, 0.29) is 11.5 Å². The van der Waals surface area contributed by atoms with E-state index in [1.165, 1.54) is 7.11 Å². The van der Waals surface area contributed by atoms with Crippen molar-refractivity contribution in [1.82, 2.24) is 0 Å². The first-order valence-corrected chi connectivity index (χ1v) is 9.29. The summed E-state index contributed by atoms with van der Waals surface area (Å²) in [5, 5.41) is 0. The average molecular weight is 376 g/mol. The van der Waals surface area contributed by atoms with E-state index in [4.69, 9.17) is 14.2 Å². The molecule has 0 amide bonds. The zero-order valence-corrected chi connectivity index (χ0v) is 16.4. The molecule has 0 radical (unpaired) electrons. The van der Waals surface area contributed by atoms with Gasteiger partial charge in [-0.15, -0.1) is 0 Å². The van der Waals surface area contributed by atoms with Crippen molar-refractivity contribution in [2.45, 2.75) is 58.3 Å². The number of fused-ring (bicyclic) bond motifs is 1. The third-order valence-corrected chi connectivity index (χ3v) is 5.27. The fourth-order valence-electron chi connectivity index (χ4n) is 3.39. The van der Waals surface area contributed by atoms with E-state index in [1.807, 2.05) is 19.9 Å². The third-order valence-electron chi connectivity index (χ3n) is 5.27. The smallest absolute Gasteiger partial charge is 0.334 e. The highest BCUT2D eigenvalue weighted by atomic mass is 16.6. The maximum absolute atomic E-state index is 12.5. The van der Waals surface area contributed by atoms with Gasteiger partial charge >= 0.3 is 11.9 Å². The molecule has 148 valence electrons. The van der Waals surface area contributed by atoms with Gasteiger partial charge in [0.25, 0.3) is 0 Å². The molecule has 1 aliphatic carbocycles. The third kappa shape index (κ3) is 4.56. The van der Waals surface area contributed by atoms with Crippen molar-refractivity contribution in [2.75, 3.05) is 7.11 Å². The van der Waals surface area contributed by atoms with Crippen LogP contribution in [0.5, 0.6) is 0 Å². The summed E-state index contributed by atoms with van der Waals surface area (Å²) < 4.78 is 16.8. The van der Waals surface area contributed by atoms with Gasteiger partial charge in [-0.05, 0) is 32.3 Å². The van der Waals surface area contributed by atoms with Crippen LogP contribution in [0, 0.1) is 11.8 Å². The minimum absolute atomic E-state index is 0.221. The second-order valence-electron chi connectivity index (χ2n) is 7.16. The summed E-state index contributed by atoms with van der Waals surface area (Å²) in [6.45, 7) is 9.46. The highest BCUT2D eigenvalue weighted by Gasteiger charge is 2.48. The van der Waals surface area contributed by atoms with Crippen LogP contribution in [0.3, 0.4) is 0 Å². The molecule has 0 saturated carbocycles. The van der Waals surface area contributed by atoms with Crippen molar-refractivity contribution in [3.8, 4) is 0 Å². The van der Waals surface area contributed by atoms with Crippen LogP contribution in [-0.2, 0) is 28.6 Å². The monoisotopic (exact) mass is 376 g/mol. The topological polar surface area (TPSA) is 78.9 Å². The van der Waals surface area contributed by atoms with Gasteiger partial charge in [-0.2, -0.15) is 0 Å². The average Bonchev–Trinajstić information content (AvgIpc) is 2.92. The lowest BCUT2D eigenvalue weighted by atomic mass is 9.83. The number of aldehydes is 1. The van der Waals surface area contributed by atoms with Crippen LogP contribution in [0.4, 0.5) is 0 Å². The Morgan fingerprint density at radius 1 is 1.48 bits per heavy atom. The Labute approximate surface area is 160 Å². The van der Waals surface area contributed by atoms with Gasteiger partial charge in [0.15, 0.2) is 0 Å². The van der Waals surface area contributed by atoms with E-state index in [0.717, 1.165) is 12.0 Å². The molecule has 5 atom stereocenters. The van der Waals surface area contributed by atoms with Crippen molar-refractivity contribution < 1.29 is 28.6 Å². The van der Waals surface area contributed by atoms with Crippen molar-refractivity contribution in [3.63, 3.8) is 0 Å². The zero-order valence-electron chi connectivity index (χ0n) is 16.4. The molecular formula is C21H28O6. The van der Waals surface area contributed by atoms with E-state index in [9.17, 15) is 14.4 Å². The highest BCUT2D eigenvalue weighted by Crippen LogP contribution is 2.37. The number of allylic oxidation sites excluding steroid dienone is 2. The number of methoxy groups -OCH3 is 1. The van der Waals surface area contributed by atoms with Crippen LogP contribution >= 0.6 is 0 Å². The first-order valence-electron chi connectivity index (χ1n) is 9.29. The first kappa shape index (κ1) is 21.1. The molecule has 0 bridgehead atoms. The van der Waals surface area contributed by atoms with Crippen LogP contribution in [0.25, 0.3) is 0 Å². The standard InChI is InChI=1S/C21H28O6/c1-6-13(3)20(23)27-19-17-14(4)21(24)26-16(17)10-12(2)8-7-9-15(11-22)18(19)25-5/h9-11,13,16-19H,4,6-8H2,1-3,5H3/b12-10+,15-9+. The Hall–Kier alpha value is -2.21. The lowest BCUT2D eigenvalue weighted by Gasteiger charge is -2.33. The van der Waals surface area contributed by atoms with Crippen molar-refractivity contribution in [2.24, 2.45) is 11.8 Å². The molecule has 1 fully saturated rings. The van der Waals surface area contributed by atoms with Crippen LogP contribution in [0.2, 0.25) is 0 Å². The lowest BCUT2D eigenvalue weighted by Crippen LogP contribution is -2.44. The summed E-state index contributed by atoms with van der Waals surface area (Å²) in [6, 6.07) is 0. The van der Waals surface area contributed by atoms with Crippen LogP contribution in [0.15, 0.2) is 35.5 Å². The summed E-state index contributed by atoms with van der Waals surface area (Å²) in [6.07, 6.45) is 4.05. The molecule has 0 aromatic carbocycles. The minimum atomic E-state index is -0.890. The summed E-state index contributed by atoms with van der Waals surface area (Å²) in [7, 11) is 1.45. The SMILES string of the molecule is C=C1C(=O)OC2/C=C(\C)CC/C=C(\C=O)C(OC)C(OC(=O)C(C)CC)C12. The highest BCUT2D eigenvalue weighted by molar-refractivity contribution is 5.91. The molecular weight excluding hydrogens is 348 g/mol. The van der Waals surface area contributed by atoms with Gasteiger partial charge in [-0.1, -0.05) is 32.1 Å². The van der Waals surface area contributed by atoms with Gasteiger partial charge in [0.1, 0.15) is 24.6 Å². The molecule has 2 aliphatic rings. The number of carbonyl (C=O) groups is 3. The van der Waals surface area contributed by atoms with E-state index in [0.29, 0.717) is 24.7 Å². The van der Waals surface area contributed by atoms with Crippen LogP contribution in [0.1, 0.15) is 40.0 Å². The molecule has 6 nitrogen and oxygen atoms in total. The Bertz CT molecular complexity index is 674. The maximum atomic E-state index is 12.5. The summed E-state index contributed by atoms with van der Waals surface area (Å²) >= 11 is 0. The zero-order chi connectivity index (χ0) is 20.1. The molecule has 1 heterocycles. The largest absolute Gasteiger partial charge is 0.458 e. The second-order valence-corrected chi connectivity index (χ2v) is 7.16. The molecule has 6 heteroatoms. The van der Waals surface area contributed by atoms with E-state index in [2.05, 4.69) is 6.58 Å². The van der Waals surface area contributed by atoms with E-state index >= 15 is 0 Å². The van der Waals surface area contributed by atoms with Crippen LogP contribution in [-0.4, -0.2) is 43.6 Å². The number of carbonyl (C=O) groups excluding carboxylic acids is 3. The van der Waals surface area contributed by atoms with Gasteiger partial charge in [-0.3, -0.25) is 9.59 Å². The Morgan fingerprint density at radius 2 is 2.19 bits per heavy atom. The number of esters is 2. The van der Waals surface area contributed by atoms with Crippen molar-refractivity contribution >= 4 is 18.2 Å². The van der Waals surface area contributed by atoms with Gasteiger partial charge in [-0.25, -0.2) is 4.79 Å². The van der Waals surface area contributed by atoms with Crippen molar-refractivity contribution in [1.29, 1.82) is 0 Å². The van der Waals surface area contributed by atoms with Gasteiger partial charge in [0.05, 0.1) is 11.8 Å². The minimum Gasteiger partial charge on any atom is -0.458 e.